The third kappa shape index (κ3) is 4.50. The highest BCUT2D eigenvalue weighted by molar-refractivity contribution is 5.90. The molecule has 1 aliphatic carbocycles. The van der Waals surface area contributed by atoms with Crippen LogP contribution in [0.25, 0.3) is 0 Å². The van der Waals surface area contributed by atoms with Crippen LogP contribution in [0.5, 0.6) is 0 Å². The molecule has 2 nitrogen and oxygen atoms in total. The molecule has 0 saturated carbocycles. The third-order valence-electron chi connectivity index (χ3n) is 4.58. The molecule has 112 valence electrons. The van der Waals surface area contributed by atoms with E-state index in [2.05, 4.69) is 18.7 Å². The van der Waals surface area contributed by atoms with E-state index in [1.807, 2.05) is 0 Å². The van der Waals surface area contributed by atoms with Crippen molar-refractivity contribution in [2.75, 3.05) is 0 Å². The van der Waals surface area contributed by atoms with Gasteiger partial charge in [-0.25, -0.2) is 4.79 Å². The molecule has 0 radical (unpaired) electrons. The van der Waals surface area contributed by atoms with Gasteiger partial charge < -0.3 is 4.74 Å². The number of ether oxygens (including phenoxy) is 1. The van der Waals surface area contributed by atoms with Crippen LogP contribution >= 0.6 is 0 Å². The van der Waals surface area contributed by atoms with Crippen molar-refractivity contribution in [1.29, 1.82) is 0 Å². The van der Waals surface area contributed by atoms with Gasteiger partial charge in [0.1, 0.15) is 6.10 Å². The lowest BCUT2D eigenvalue weighted by Crippen LogP contribution is -2.16. The van der Waals surface area contributed by atoms with Gasteiger partial charge in [0.25, 0.3) is 0 Å². The number of hydrogen-bond donors (Lipinski definition) is 0. The van der Waals surface area contributed by atoms with Crippen molar-refractivity contribution in [3.63, 3.8) is 0 Å². The minimum Gasteiger partial charge on any atom is -0.458 e. The maximum absolute atomic E-state index is 11.7. The maximum Gasteiger partial charge on any atom is 0.334 e. The summed E-state index contributed by atoms with van der Waals surface area (Å²) < 4.78 is 5.51. The molecule has 0 unspecified atom stereocenters. The number of rotatable bonds is 0. The average Bonchev–Trinajstić information content (AvgIpc) is 2.70. The van der Waals surface area contributed by atoms with E-state index in [1.165, 1.54) is 57.8 Å². The average molecular weight is 276 g/mol. The van der Waals surface area contributed by atoms with Gasteiger partial charge in [0.2, 0.25) is 0 Å². The van der Waals surface area contributed by atoms with Gasteiger partial charge in [0, 0.05) is 11.5 Å². The summed E-state index contributed by atoms with van der Waals surface area (Å²) in [6, 6.07) is 0. The zero-order chi connectivity index (χ0) is 14.2. The number of fused-ring (bicyclic) bond motifs is 1. The molecule has 20 heavy (non-hydrogen) atoms. The topological polar surface area (TPSA) is 26.3 Å². The van der Waals surface area contributed by atoms with Crippen molar-refractivity contribution in [3.05, 3.63) is 24.3 Å². The van der Waals surface area contributed by atoms with E-state index < -0.39 is 0 Å². The summed E-state index contributed by atoms with van der Waals surface area (Å²) in [5.74, 6) is 0.123. The Labute approximate surface area is 123 Å². The normalized spacial score (nSPS) is 31.8. The Balaban J connectivity index is 1.88. The molecule has 0 spiro atoms. The molecule has 2 heteroatoms. The van der Waals surface area contributed by atoms with Crippen molar-refractivity contribution in [2.45, 2.75) is 76.7 Å². The largest absolute Gasteiger partial charge is 0.458 e. The fraction of sp³-hybridized carbons (Fsp3) is 0.722. The first kappa shape index (κ1) is 15.3. The van der Waals surface area contributed by atoms with E-state index >= 15 is 0 Å². The van der Waals surface area contributed by atoms with E-state index in [1.54, 1.807) is 0 Å². The number of allylic oxidation sites excluding steroid dienone is 2. The molecule has 2 aliphatic rings. The molecule has 1 saturated heterocycles. The predicted octanol–water partition coefficient (Wildman–Crippen LogP) is 4.95. The van der Waals surface area contributed by atoms with Crippen LogP contribution in [-0.2, 0) is 9.53 Å². The molecule has 0 amide bonds. The van der Waals surface area contributed by atoms with E-state index in [9.17, 15) is 4.79 Å². The fourth-order valence-electron chi connectivity index (χ4n) is 3.29. The van der Waals surface area contributed by atoms with Crippen LogP contribution in [0, 0.1) is 5.92 Å². The monoisotopic (exact) mass is 276 g/mol. The van der Waals surface area contributed by atoms with E-state index in [4.69, 9.17) is 4.74 Å². The van der Waals surface area contributed by atoms with Gasteiger partial charge >= 0.3 is 5.97 Å². The van der Waals surface area contributed by atoms with E-state index in [0.29, 0.717) is 0 Å². The van der Waals surface area contributed by atoms with Crippen LogP contribution in [-0.4, -0.2) is 12.1 Å². The van der Waals surface area contributed by atoms with E-state index in [0.717, 1.165) is 18.4 Å². The maximum atomic E-state index is 11.7. The van der Waals surface area contributed by atoms with Crippen molar-refractivity contribution in [2.24, 2.45) is 5.92 Å². The number of carbonyl (C=O) groups is 1. The van der Waals surface area contributed by atoms with Crippen LogP contribution in [0.3, 0.4) is 0 Å². The van der Waals surface area contributed by atoms with Gasteiger partial charge in [-0.3, -0.25) is 0 Å². The third-order valence-corrected chi connectivity index (χ3v) is 4.58. The lowest BCUT2D eigenvalue weighted by Gasteiger charge is -2.17. The molecule has 1 fully saturated rings. The highest BCUT2D eigenvalue weighted by Crippen LogP contribution is 2.34. The van der Waals surface area contributed by atoms with Crippen LogP contribution < -0.4 is 0 Å². The Kier molecular flexibility index (Phi) is 6.35. The highest BCUT2D eigenvalue weighted by atomic mass is 16.6. The Morgan fingerprint density at radius 2 is 1.50 bits per heavy atom. The smallest absolute Gasteiger partial charge is 0.334 e. The molecule has 0 aromatic rings. The van der Waals surface area contributed by atoms with Crippen molar-refractivity contribution in [3.8, 4) is 0 Å². The lowest BCUT2D eigenvalue weighted by molar-refractivity contribution is -0.139. The summed E-state index contributed by atoms with van der Waals surface area (Å²) in [5, 5.41) is 0. The summed E-state index contributed by atoms with van der Waals surface area (Å²) in [6.07, 6.45) is 18.0. The summed E-state index contributed by atoms with van der Waals surface area (Å²) in [4.78, 5) is 11.7. The van der Waals surface area contributed by atoms with Crippen molar-refractivity contribution < 1.29 is 9.53 Å². The minimum absolute atomic E-state index is 0.107. The number of carbonyl (C=O) groups excluding carboxylic acids is 1. The quantitative estimate of drug-likeness (QED) is 0.355. The molecule has 2 rings (SSSR count). The zero-order valence-corrected chi connectivity index (χ0v) is 12.6. The van der Waals surface area contributed by atoms with Gasteiger partial charge in [-0.2, -0.15) is 0 Å². The Morgan fingerprint density at radius 1 is 0.900 bits per heavy atom. The second kappa shape index (κ2) is 8.28. The molecule has 1 heterocycles. The Hall–Kier alpha value is -1.05. The van der Waals surface area contributed by atoms with Crippen LogP contribution in [0.15, 0.2) is 24.3 Å². The molecule has 0 N–H and O–H groups in total. The second-order valence-electron chi connectivity index (χ2n) is 6.18. The van der Waals surface area contributed by atoms with Gasteiger partial charge in [-0.15, -0.1) is 0 Å². The second-order valence-corrected chi connectivity index (χ2v) is 6.18. The SMILES string of the molecule is C=C1C(=O)O[C@@H]2CCCCCCC/C=C\CCCC[C@@H]12. The Bertz CT molecular complexity index is 356. The summed E-state index contributed by atoms with van der Waals surface area (Å²) >= 11 is 0. The number of hydrogen-bond acceptors (Lipinski definition) is 2. The van der Waals surface area contributed by atoms with Crippen LogP contribution in [0.2, 0.25) is 0 Å². The lowest BCUT2D eigenvalue weighted by atomic mass is 9.88. The zero-order valence-electron chi connectivity index (χ0n) is 12.6. The van der Waals surface area contributed by atoms with Crippen LogP contribution in [0.4, 0.5) is 0 Å². The minimum atomic E-state index is -0.152. The first-order valence-electron chi connectivity index (χ1n) is 8.34. The van der Waals surface area contributed by atoms with Crippen molar-refractivity contribution >= 4 is 5.97 Å². The summed E-state index contributed by atoms with van der Waals surface area (Å²) in [7, 11) is 0. The predicted molar refractivity (Wildman–Crippen MR) is 82.4 cm³/mol. The van der Waals surface area contributed by atoms with Gasteiger partial charge in [0.05, 0.1) is 0 Å². The molecule has 0 aromatic carbocycles. The van der Waals surface area contributed by atoms with Gasteiger partial charge in [-0.1, -0.05) is 44.4 Å². The molecular formula is C18H28O2. The van der Waals surface area contributed by atoms with Crippen molar-refractivity contribution in [1.82, 2.24) is 0 Å². The molecule has 2 atom stereocenters. The van der Waals surface area contributed by atoms with Crippen LogP contribution in [0.1, 0.15) is 70.6 Å². The highest BCUT2D eigenvalue weighted by Gasteiger charge is 2.37. The summed E-state index contributed by atoms with van der Waals surface area (Å²) in [6.45, 7) is 3.95. The Morgan fingerprint density at radius 3 is 2.30 bits per heavy atom. The molecule has 0 aromatic heterocycles. The molecule has 1 aliphatic heterocycles. The van der Waals surface area contributed by atoms with Gasteiger partial charge in [0.15, 0.2) is 0 Å². The summed E-state index contributed by atoms with van der Waals surface area (Å²) in [5.41, 5.74) is 0.717. The van der Waals surface area contributed by atoms with E-state index in [-0.39, 0.29) is 18.0 Å². The standard InChI is InChI=1S/C18H28O2/c1-15-16-13-11-9-7-5-3-2-4-6-8-10-12-14-17(16)20-18(15)19/h3,5,16-17H,1-2,4,6-14H2/b5-3-/t16-,17+/m0/s1. The first-order chi connectivity index (χ1) is 9.79. The molecule has 0 bridgehead atoms. The van der Waals surface area contributed by atoms with Gasteiger partial charge in [-0.05, 0) is 44.9 Å². The fourth-order valence-corrected chi connectivity index (χ4v) is 3.29. The molecular weight excluding hydrogens is 248 g/mol. The first-order valence-corrected chi connectivity index (χ1v) is 8.34. The number of esters is 1.